The average Bonchev–Trinajstić information content (AvgIpc) is 2.89. The standard InChI is InChI=1S/C18H24N4OS/c1-6-11-22-16(20-21-17(22)24-12(2)15(19)23)13-7-9-14(10-8-13)18(3,4)5/h6-10,12H,1,11H2,2-5H3,(H2,19,23). The van der Waals surface area contributed by atoms with Gasteiger partial charge in [-0.1, -0.05) is 62.9 Å². The van der Waals surface area contributed by atoms with E-state index < -0.39 is 0 Å². The Labute approximate surface area is 147 Å². The van der Waals surface area contributed by atoms with Crippen LogP contribution in [-0.4, -0.2) is 25.9 Å². The zero-order valence-electron chi connectivity index (χ0n) is 14.6. The first-order chi connectivity index (χ1) is 11.2. The number of carbonyl (C=O) groups excluding carboxylic acids is 1. The number of allylic oxidation sites excluding steroid dienone is 1. The molecular formula is C18H24N4OS. The fraction of sp³-hybridized carbons (Fsp3) is 0.389. The number of rotatable bonds is 6. The minimum atomic E-state index is -0.371. The van der Waals surface area contributed by atoms with E-state index in [4.69, 9.17) is 5.73 Å². The normalized spacial score (nSPS) is 12.8. The van der Waals surface area contributed by atoms with Crippen molar-refractivity contribution in [3.8, 4) is 11.4 Å². The number of primary amides is 1. The molecule has 2 aromatic rings. The number of thioether (sulfide) groups is 1. The van der Waals surface area contributed by atoms with Crippen molar-refractivity contribution in [2.24, 2.45) is 5.73 Å². The molecule has 0 radical (unpaired) electrons. The first-order valence-corrected chi connectivity index (χ1v) is 8.73. The molecule has 128 valence electrons. The Bertz CT molecular complexity index is 728. The minimum absolute atomic E-state index is 0.102. The Kier molecular flexibility index (Phi) is 5.49. The lowest BCUT2D eigenvalue weighted by molar-refractivity contribution is -0.117. The molecule has 2 rings (SSSR count). The van der Waals surface area contributed by atoms with Crippen LogP contribution in [0.15, 0.2) is 42.1 Å². The molecule has 0 aliphatic heterocycles. The number of hydrogen-bond donors (Lipinski definition) is 1. The molecule has 1 atom stereocenters. The van der Waals surface area contributed by atoms with Crippen LogP contribution in [-0.2, 0) is 16.8 Å². The van der Waals surface area contributed by atoms with Gasteiger partial charge >= 0.3 is 0 Å². The second-order valence-electron chi connectivity index (χ2n) is 6.70. The molecule has 1 unspecified atom stereocenters. The third-order valence-electron chi connectivity index (χ3n) is 3.72. The van der Waals surface area contributed by atoms with Gasteiger partial charge in [-0.05, 0) is 17.9 Å². The van der Waals surface area contributed by atoms with Crippen LogP contribution in [0.4, 0.5) is 0 Å². The first kappa shape index (κ1) is 18.3. The highest BCUT2D eigenvalue weighted by atomic mass is 32.2. The van der Waals surface area contributed by atoms with Gasteiger partial charge in [0.1, 0.15) is 0 Å². The number of amides is 1. The molecule has 1 amide bonds. The predicted octanol–water partition coefficient (Wildman–Crippen LogP) is 3.39. The van der Waals surface area contributed by atoms with Gasteiger partial charge in [-0.25, -0.2) is 0 Å². The predicted molar refractivity (Wildman–Crippen MR) is 98.9 cm³/mol. The summed E-state index contributed by atoms with van der Waals surface area (Å²) < 4.78 is 1.95. The summed E-state index contributed by atoms with van der Waals surface area (Å²) >= 11 is 1.31. The van der Waals surface area contributed by atoms with Crippen molar-refractivity contribution in [1.29, 1.82) is 0 Å². The van der Waals surface area contributed by atoms with Crippen LogP contribution in [0.1, 0.15) is 33.3 Å². The molecule has 1 aromatic heterocycles. The molecule has 6 heteroatoms. The van der Waals surface area contributed by atoms with Crippen molar-refractivity contribution in [2.75, 3.05) is 0 Å². The molecule has 24 heavy (non-hydrogen) atoms. The summed E-state index contributed by atoms with van der Waals surface area (Å²) in [5, 5.41) is 8.82. The van der Waals surface area contributed by atoms with Gasteiger partial charge in [-0.15, -0.1) is 16.8 Å². The number of carbonyl (C=O) groups is 1. The molecule has 0 saturated heterocycles. The molecule has 0 spiro atoms. The van der Waals surface area contributed by atoms with E-state index in [9.17, 15) is 4.79 Å². The molecule has 0 aliphatic rings. The molecular weight excluding hydrogens is 320 g/mol. The van der Waals surface area contributed by atoms with Crippen molar-refractivity contribution in [3.63, 3.8) is 0 Å². The van der Waals surface area contributed by atoms with E-state index in [-0.39, 0.29) is 16.6 Å². The van der Waals surface area contributed by atoms with Crippen molar-refractivity contribution in [1.82, 2.24) is 14.8 Å². The van der Waals surface area contributed by atoms with Gasteiger partial charge in [-0.3, -0.25) is 9.36 Å². The fourth-order valence-corrected chi connectivity index (χ4v) is 3.03. The van der Waals surface area contributed by atoms with E-state index in [0.29, 0.717) is 11.7 Å². The maximum absolute atomic E-state index is 11.3. The van der Waals surface area contributed by atoms with Crippen molar-refractivity contribution in [3.05, 3.63) is 42.5 Å². The summed E-state index contributed by atoms with van der Waals surface area (Å²) in [6, 6.07) is 8.33. The molecule has 5 nitrogen and oxygen atoms in total. The average molecular weight is 344 g/mol. The van der Waals surface area contributed by atoms with E-state index in [1.807, 2.05) is 4.57 Å². The lowest BCUT2D eigenvalue weighted by Gasteiger charge is -2.19. The Balaban J connectivity index is 2.38. The van der Waals surface area contributed by atoms with Crippen molar-refractivity contribution < 1.29 is 4.79 Å². The zero-order chi connectivity index (χ0) is 17.9. The van der Waals surface area contributed by atoms with E-state index >= 15 is 0 Å². The number of nitrogens with two attached hydrogens (primary N) is 1. The van der Waals surface area contributed by atoms with Crippen LogP contribution in [0.5, 0.6) is 0 Å². The van der Waals surface area contributed by atoms with Crippen LogP contribution in [0.25, 0.3) is 11.4 Å². The van der Waals surface area contributed by atoms with Gasteiger partial charge in [0.15, 0.2) is 11.0 Å². The van der Waals surface area contributed by atoms with Crippen LogP contribution >= 0.6 is 11.8 Å². The van der Waals surface area contributed by atoms with E-state index in [1.54, 1.807) is 13.0 Å². The number of nitrogens with zero attached hydrogens (tertiary/aromatic N) is 3. The van der Waals surface area contributed by atoms with Gasteiger partial charge < -0.3 is 5.73 Å². The number of hydrogen-bond acceptors (Lipinski definition) is 4. The van der Waals surface area contributed by atoms with Gasteiger partial charge in [0.2, 0.25) is 5.91 Å². The smallest absolute Gasteiger partial charge is 0.230 e. The lowest BCUT2D eigenvalue weighted by atomic mass is 9.87. The van der Waals surface area contributed by atoms with Crippen LogP contribution in [0, 0.1) is 0 Å². The van der Waals surface area contributed by atoms with Gasteiger partial charge in [0.05, 0.1) is 5.25 Å². The fourth-order valence-electron chi connectivity index (χ4n) is 2.22. The third kappa shape index (κ3) is 4.06. The second-order valence-corrected chi connectivity index (χ2v) is 8.00. The largest absolute Gasteiger partial charge is 0.369 e. The summed E-state index contributed by atoms with van der Waals surface area (Å²) in [5.74, 6) is 0.388. The Morgan fingerprint density at radius 1 is 1.33 bits per heavy atom. The third-order valence-corrected chi connectivity index (χ3v) is 4.82. The number of benzene rings is 1. The highest BCUT2D eigenvalue weighted by Gasteiger charge is 2.19. The van der Waals surface area contributed by atoms with E-state index in [0.717, 1.165) is 11.4 Å². The van der Waals surface area contributed by atoms with Crippen molar-refractivity contribution in [2.45, 2.75) is 50.1 Å². The Morgan fingerprint density at radius 2 is 1.96 bits per heavy atom. The summed E-state index contributed by atoms with van der Waals surface area (Å²) in [5.41, 5.74) is 7.69. The minimum Gasteiger partial charge on any atom is -0.369 e. The highest BCUT2D eigenvalue weighted by Crippen LogP contribution is 2.29. The maximum Gasteiger partial charge on any atom is 0.230 e. The quantitative estimate of drug-likeness (QED) is 0.644. The van der Waals surface area contributed by atoms with Gasteiger partial charge in [0, 0.05) is 12.1 Å². The lowest BCUT2D eigenvalue weighted by Crippen LogP contribution is -2.23. The second kappa shape index (κ2) is 7.21. The molecule has 0 bridgehead atoms. The van der Waals surface area contributed by atoms with E-state index in [2.05, 4.69) is 61.8 Å². The summed E-state index contributed by atoms with van der Waals surface area (Å²) in [7, 11) is 0. The molecule has 2 N–H and O–H groups in total. The van der Waals surface area contributed by atoms with Crippen LogP contribution < -0.4 is 5.73 Å². The maximum atomic E-state index is 11.3. The Morgan fingerprint density at radius 3 is 2.46 bits per heavy atom. The molecule has 0 aliphatic carbocycles. The zero-order valence-corrected chi connectivity index (χ0v) is 15.4. The summed E-state index contributed by atoms with van der Waals surface area (Å²) in [6.07, 6.45) is 1.79. The molecule has 1 aromatic carbocycles. The highest BCUT2D eigenvalue weighted by molar-refractivity contribution is 8.00. The monoisotopic (exact) mass is 344 g/mol. The molecule has 0 saturated carbocycles. The summed E-state index contributed by atoms with van der Waals surface area (Å²) in [4.78, 5) is 11.3. The van der Waals surface area contributed by atoms with E-state index in [1.165, 1.54) is 17.3 Å². The van der Waals surface area contributed by atoms with Crippen molar-refractivity contribution >= 4 is 17.7 Å². The topological polar surface area (TPSA) is 73.8 Å². The molecule has 0 fully saturated rings. The van der Waals surface area contributed by atoms with Gasteiger partial charge in [0.25, 0.3) is 0 Å². The summed E-state index contributed by atoms with van der Waals surface area (Å²) in [6.45, 7) is 12.7. The molecule has 1 heterocycles. The van der Waals surface area contributed by atoms with Crippen LogP contribution in [0.3, 0.4) is 0 Å². The SMILES string of the molecule is C=CCn1c(SC(C)C(N)=O)nnc1-c1ccc(C(C)(C)C)cc1. The number of aromatic nitrogens is 3. The van der Waals surface area contributed by atoms with Gasteiger partial charge in [-0.2, -0.15) is 0 Å². The first-order valence-electron chi connectivity index (χ1n) is 7.85. The Hall–Kier alpha value is -2.08. The van der Waals surface area contributed by atoms with Crippen LogP contribution in [0.2, 0.25) is 0 Å².